The molecular weight excluding hydrogens is 344 g/mol. The van der Waals surface area contributed by atoms with Gasteiger partial charge in [0, 0.05) is 18.7 Å². The van der Waals surface area contributed by atoms with Gasteiger partial charge in [0.15, 0.2) is 0 Å². The second-order valence-electron chi connectivity index (χ2n) is 6.84. The van der Waals surface area contributed by atoms with Gasteiger partial charge in [-0.2, -0.15) is 0 Å². The predicted octanol–water partition coefficient (Wildman–Crippen LogP) is 1.65. The lowest BCUT2D eigenvalue weighted by atomic mass is 9.84. The molecule has 4 N–H and O–H groups in total. The zero-order valence-corrected chi connectivity index (χ0v) is 15.4. The number of carbonyl (C=O) groups is 1. The molecule has 0 aromatic heterocycles. The zero-order valence-electron chi connectivity index (χ0n) is 14.6. The monoisotopic (exact) mass is 370 g/mol. The van der Waals surface area contributed by atoms with E-state index in [1.807, 2.05) is 0 Å². The van der Waals surface area contributed by atoms with Crippen LogP contribution in [0.25, 0.3) is 0 Å². The summed E-state index contributed by atoms with van der Waals surface area (Å²) >= 11 is 0. The number of ether oxygens (including phenoxy) is 2. The van der Waals surface area contributed by atoms with Crippen molar-refractivity contribution in [2.45, 2.75) is 31.4 Å². The van der Waals surface area contributed by atoms with Crippen molar-refractivity contribution in [2.75, 3.05) is 20.8 Å². The number of aliphatic hydroxyl groups excluding tert-OH is 1. The number of nitrogens with two attached hydrogens (primary N) is 1. The second-order valence-corrected chi connectivity index (χ2v) is 6.84. The van der Waals surface area contributed by atoms with Crippen LogP contribution in [0.15, 0.2) is 18.2 Å². The number of rotatable bonds is 6. The summed E-state index contributed by atoms with van der Waals surface area (Å²) in [6.07, 6.45) is 2.47. The Kier molecular flexibility index (Phi) is 6.54. The van der Waals surface area contributed by atoms with E-state index in [1.165, 1.54) is 0 Å². The van der Waals surface area contributed by atoms with Crippen LogP contribution < -0.4 is 20.5 Å². The number of benzene rings is 1. The molecule has 1 aromatic rings. The minimum absolute atomic E-state index is 0. The van der Waals surface area contributed by atoms with E-state index in [4.69, 9.17) is 15.2 Å². The number of carbonyl (C=O) groups excluding carboxylic acids is 1. The van der Waals surface area contributed by atoms with Gasteiger partial charge in [-0.3, -0.25) is 4.79 Å². The van der Waals surface area contributed by atoms with Gasteiger partial charge in [-0.15, -0.1) is 12.4 Å². The normalized spacial score (nSPS) is 28.2. The van der Waals surface area contributed by atoms with E-state index >= 15 is 0 Å². The largest absolute Gasteiger partial charge is 0.497 e. The Morgan fingerprint density at radius 1 is 1.24 bits per heavy atom. The van der Waals surface area contributed by atoms with Crippen LogP contribution in [-0.4, -0.2) is 37.8 Å². The van der Waals surface area contributed by atoms with Crippen molar-refractivity contribution < 1.29 is 19.4 Å². The number of methoxy groups -OCH3 is 2. The molecule has 2 fully saturated rings. The number of fused-ring (bicyclic) bond motifs is 2. The molecule has 5 unspecified atom stereocenters. The van der Waals surface area contributed by atoms with Crippen LogP contribution in [-0.2, 0) is 4.79 Å². The maximum absolute atomic E-state index is 12.5. The molecular formula is C18H27ClN2O4. The summed E-state index contributed by atoms with van der Waals surface area (Å²) in [5, 5.41) is 13.3. The van der Waals surface area contributed by atoms with E-state index < -0.39 is 6.10 Å². The van der Waals surface area contributed by atoms with Gasteiger partial charge >= 0.3 is 0 Å². The van der Waals surface area contributed by atoms with Crippen molar-refractivity contribution in [3.8, 4) is 11.5 Å². The van der Waals surface area contributed by atoms with Crippen LogP contribution in [0.2, 0.25) is 0 Å². The summed E-state index contributed by atoms with van der Waals surface area (Å²) in [7, 11) is 3.12. The number of hydrogen-bond acceptors (Lipinski definition) is 5. The van der Waals surface area contributed by atoms with Crippen molar-refractivity contribution in [2.24, 2.45) is 23.5 Å². The summed E-state index contributed by atoms with van der Waals surface area (Å²) in [5.74, 6) is 1.94. The third kappa shape index (κ3) is 4.02. The molecule has 0 heterocycles. The molecule has 3 rings (SSSR count). The molecule has 2 saturated carbocycles. The van der Waals surface area contributed by atoms with Gasteiger partial charge in [-0.25, -0.2) is 0 Å². The first-order valence-electron chi connectivity index (χ1n) is 8.47. The Morgan fingerprint density at radius 3 is 2.36 bits per heavy atom. The van der Waals surface area contributed by atoms with Gasteiger partial charge < -0.3 is 25.6 Å². The van der Waals surface area contributed by atoms with Gasteiger partial charge in [-0.05, 0) is 48.8 Å². The summed E-state index contributed by atoms with van der Waals surface area (Å²) in [5.41, 5.74) is 6.84. The topological polar surface area (TPSA) is 93.8 Å². The summed E-state index contributed by atoms with van der Waals surface area (Å²) in [6, 6.07) is 5.17. The SMILES string of the molecule is COc1cc(OC)cc(C(O)CNC(=O)C2C3CCC(C3)C2N)c1.Cl. The van der Waals surface area contributed by atoms with Crippen molar-refractivity contribution in [1.82, 2.24) is 5.32 Å². The van der Waals surface area contributed by atoms with E-state index in [9.17, 15) is 9.90 Å². The highest BCUT2D eigenvalue weighted by atomic mass is 35.5. The molecule has 2 aliphatic rings. The van der Waals surface area contributed by atoms with Crippen LogP contribution >= 0.6 is 12.4 Å². The fourth-order valence-corrected chi connectivity index (χ4v) is 4.18. The minimum Gasteiger partial charge on any atom is -0.497 e. The van der Waals surface area contributed by atoms with Gasteiger partial charge in [-0.1, -0.05) is 0 Å². The highest BCUT2D eigenvalue weighted by molar-refractivity contribution is 5.85. The number of hydrogen-bond donors (Lipinski definition) is 3. The summed E-state index contributed by atoms with van der Waals surface area (Å²) in [6.45, 7) is 0.149. The molecule has 1 amide bonds. The first-order chi connectivity index (χ1) is 11.5. The fraction of sp³-hybridized carbons (Fsp3) is 0.611. The van der Waals surface area contributed by atoms with Gasteiger partial charge in [0.25, 0.3) is 0 Å². The fourth-order valence-electron chi connectivity index (χ4n) is 4.18. The van der Waals surface area contributed by atoms with Crippen LogP contribution in [0.5, 0.6) is 11.5 Å². The van der Waals surface area contributed by atoms with E-state index in [-0.39, 0.29) is 36.8 Å². The third-order valence-electron chi connectivity index (χ3n) is 5.51. The smallest absolute Gasteiger partial charge is 0.225 e. The molecule has 140 valence electrons. The number of nitrogens with one attached hydrogen (secondary N) is 1. The number of amides is 1. The van der Waals surface area contributed by atoms with Crippen molar-refractivity contribution in [1.29, 1.82) is 0 Å². The Bertz CT molecular complexity index is 588. The average Bonchev–Trinajstić information content (AvgIpc) is 3.19. The van der Waals surface area contributed by atoms with Gasteiger partial charge in [0.1, 0.15) is 11.5 Å². The first-order valence-corrected chi connectivity index (χ1v) is 8.47. The molecule has 0 radical (unpaired) electrons. The molecule has 25 heavy (non-hydrogen) atoms. The van der Waals surface area contributed by atoms with Crippen LogP contribution in [0, 0.1) is 17.8 Å². The Morgan fingerprint density at radius 2 is 1.84 bits per heavy atom. The molecule has 0 spiro atoms. The average molecular weight is 371 g/mol. The number of aliphatic hydroxyl groups is 1. The molecule has 1 aromatic carbocycles. The van der Waals surface area contributed by atoms with Crippen LogP contribution in [0.4, 0.5) is 0 Å². The van der Waals surface area contributed by atoms with Crippen molar-refractivity contribution in [3.63, 3.8) is 0 Å². The minimum atomic E-state index is -0.826. The zero-order chi connectivity index (χ0) is 17.3. The first kappa shape index (κ1) is 19.8. The van der Waals surface area contributed by atoms with Crippen LogP contribution in [0.1, 0.15) is 30.9 Å². The Hall–Kier alpha value is -1.50. The van der Waals surface area contributed by atoms with E-state index in [2.05, 4.69) is 5.32 Å². The highest BCUT2D eigenvalue weighted by Gasteiger charge is 2.48. The maximum atomic E-state index is 12.5. The van der Waals surface area contributed by atoms with Gasteiger partial charge in [0.05, 0.1) is 26.2 Å². The van der Waals surface area contributed by atoms with E-state index in [0.29, 0.717) is 28.9 Å². The van der Waals surface area contributed by atoms with Crippen molar-refractivity contribution >= 4 is 18.3 Å². The quantitative estimate of drug-likeness (QED) is 0.707. The third-order valence-corrected chi connectivity index (χ3v) is 5.51. The molecule has 5 atom stereocenters. The standard InChI is InChI=1S/C18H26N2O4.ClH/c1-23-13-6-12(7-14(8-13)24-2)15(21)9-20-18(22)16-10-3-4-11(5-10)17(16)19;/h6-8,10-11,15-17,21H,3-5,9,19H2,1-2H3,(H,20,22);1H. The lowest BCUT2D eigenvalue weighted by Gasteiger charge is -2.27. The lowest BCUT2D eigenvalue weighted by Crippen LogP contribution is -2.46. The predicted molar refractivity (Wildman–Crippen MR) is 97.1 cm³/mol. The Balaban J connectivity index is 0.00000225. The molecule has 6 nitrogen and oxygen atoms in total. The molecule has 0 saturated heterocycles. The summed E-state index contributed by atoms with van der Waals surface area (Å²) < 4.78 is 10.4. The maximum Gasteiger partial charge on any atom is 0.225 e. The second kappa shape index (κ2) is 8.25. The van der Waals surface area contributed by atoms with Gasteiger partial charge in [0.2, 0.25) is 5.91 Å². The molecule has 2 bridgehead atoms. The van der Waals surface area contributed by atoms with Crippen molar-refractivity contribution in [3.05, 3.63) is 23.8 Å². The molecule has 7 heteroatoms. The molecule has 2 aliphatic carbocycles. The van der Waals surface area contributed by atoms with Crippen LogP contribution in [0.3, 0.4) is 0 Å². The molecule has 0 aliphatic heterocycles. The number of halogens is 1. The Labute approximate surface area is 154 Å². The van der Waals surface area contributed by atoms with E-state index in [1.54, 1.807) is 32.4 Å². The lowest BCUT2D eigenvalue weighted by molar-refractivity contribution is -0.127. The van der Waals surface area contributed by atoms with E-state index in [0.717, 1.165) is 19.3 Å². The summed E-state index contributed by atoms with van der Waals surface area (Å²) in [4.78, 5) is 12.5. The highest BCUT2D eigenvalue weighted by Crippen LogP contribution is 2.47.